The van der Waals surface area contributed by atoms with Gasteiger partial charge < -0.3 is 9.23 Å². The molecule has 2 rings (SSSR count). The van der Waals surface area contributed by atoms with Crippen LogP contribution < -0.4 is 4.57 Å². The number of aliphatic hydroxyl groups excluding tert-OH is 1. The number of sulfonamides is 2. The van der Waals surface area contributed by atoms with Crippen molar-refractivity contribution in [3.8, 4) is 0 Å². The van der Waals surface area contributed by atoms with E-state index in [1.54, 1.807) is 11.3 Å². The van der Waals surface area contributed by atoms with Gasteiger partial charge >= 0.3 is 11.0 Å². The molecule has 0 saturated heterocycles. The number of alkyl halides is 6. The number of halogens is 6. The van der Waals surface area contributed by atoms with Gasteiger partial charge in [0.2, 0.25) is 5.51 Å². The Morgan fingerprint density at radius 3 is 1.87 bits per heavy atom. The predicted molar refractivity (Wildman–Crippen MR) is 98.9 cm³/mol. The predicted octanol–water partition coefficient (Wildman–Crippen LogP) is 2.99. The topological polar surface area (TPSA) is 106 Å². The van der Waals surface area contributed by atoms with E-state index in [1.165, 1.54) is 16.1 Å². The quantitative estimate of drug-likeness (QED) is 0.471. The molecule has 1 N–H and O–H groups in total. The summed E-state index contributed by atoms with van der Waals surface area (Å²) >= 11 is 1.72. The maximum atomic E-state index is 11.4. The minimum absolute atomic E-state index is 0.229. The first-order valence-electron chi connectivity index (χ1n) is 8.00. The highest BCUT2D eigenvalue weighted by Gasteiger charge is 2.46. The minimum atomic E-state index is -6.72. The summed E-state index contributed by atoms with van der Waals surface area (Å²) in [5.74, 6) is 0. The van der Waals surface area contributed by atoms with E-state index >= 15 is 0 Å². The zero-order valence-corrected chi connectivity index (χ0v) is 18.0. The highest BCUT2D eigenvalue weighted by molar-refractivity contribution is 8.13. The van der Waals surface area contributed by atoms with Crippen LogP contribution in [0.1, 0.15) is 16.1 Å². The van der Waals surface area contributed by atoms with E-state index < -0.39 is 31.1 Å². The number of nitrogens with zero attached hydrogens (tertiary/aromatic N) is 2. The van der Waals surface area contributed by atoms with E-state index in [0.717, 1.165) is 17.1 Å². The second-order valence-corrected chi connectivity index (χ2v) is 10.1. The SMILES string of the molecule is Cc1c(CCO)sc[n+]1Cc1ccccc1.O=S(=O)([N-]S(=O)(=O)C(F)(F)F)C(F)(F)F. The first-order valence-corrected chi connectivity index (χ1v) is 11.8. The van der Waals surface area contributed by atoms with E-state index in [1.807, 2.05) is 6.07 Å². The molecular weight excluding hydrogens is 498 g/mol. The maximum absolute atomic E-state index is 11.4. The molecule has 0 fully saturated rings. The summed E-state index contributed by atoms with van der Waals surface area (Å²) in [6, 6.07) is 10.4. The van der Waals surface area contributed by atoms with Crippen molar-refractivity contribution in [3.63, 3.8) is 0 Å². The maximum Gasteiger partial charge on any atom is 0.480 e. The van der Waals surface area contributed by atoms with Crippen molar-refractivity contribution >= 4 is 31.4 Å². The monoisotopic (exact) mass is 514 g/mol. The molecule has 0 atom stereocenters. The van der Waals surface area contributed by atoms with Crippen LogP contribution in [0.3, 0.4) is 0 Å². The van der Waals surface area contributed by atoms with Crippen molar-refractivity contribution < 1.29 is 52.9 Å². The van der Waals surface area contributed by atoms with Gasteiger partial charge in [0.15, 0.2) is 32.3 Å². The van der Waals surface area contributed by atoms with Crippen molar-refractivity contribution in [3.05, 3.63) is 56.1 Å². The molecule has 16 heteroatoms. The second kappa shape index (κ2) is 10.2. The third-order valence-electron chi connectivity index (χ3n) is 3.47. The molecule has 0 amide bonds. The summed E-state index contributed by atoms with van der Waals surface area (Å²) in [4.78, 5) is 1.28. The molecule has 0 saturated carbocycles. The van der Waals surface area contributed by atoms with Crippen molar-refractivity contribution in [2.45, 2.75) is 30.9 Å². The molecule has 2 aromatic rings. The van der Waals surface area contributed by atoms with E-state index in [4.69, 9.17) is 5.11 Å². The average Bonchev–Trinajstić information content (AvgIpc) is 2.94. The lowest BCUT2D eigenvalue weighted by Gasteiger charge is -2.22. The Balaban J connectivity index is 0.000000311. The zero-order chi connectivity index (χ0) is 24.1. The molecule has 0 aliphatic carbocycles. The number of benzene rings is 1. The van der Waals surface area contributed by atoms with Crippen LogP contribution in [0.4, 0.5) is 26.3 Å². The first kappa shape index (κ1) is 27.3. The standard InChI is InChI=1S/C13H16NOS.C2F6NO4S2/c1-11-13(7-8-15)16-10-14(11)9-12-5-3-2-4-6-12;3-1(4,5)14(10,11)9-15(12,13)2(6,7)8/h2-6,10,15H,7-9H2,1H3;/q+1;-1. The van der Waals surface area contributed by atoms with Gasteiger partial charge in [0.1, 0.15) is 0 Å². The van der Waals surface area contributed by atoms with Gasteiger partial charge in [0.25, 0.3) is 0 Å². The van der Waals surface area contributed by atoms with Gasteiger partial charge in [0, 0.05) is 25.5 Å². The third-order valence-corrected chi connectivity index (χ3v) is 7.36. The zero-order valence-electron chi connectivity index (χ0n) is 15.6. The number of hydrogen-bond donors (Lipinski definition) is 1. The summed E-state index contributed by atoms with van der Waals surface area (Å²) in [6.45, 7) is 3.26. The fourth-order valence-electron chi connectivity index (χ4n) is 1.94. The van der Waals surface area contributed by atoms with E-state index in [9.17, 15) is 43.2 Å². The van der Waals surface area contributed by atoms with Crippen molar-refractivity contribution in [2.75, 3.05) is 6.61 Å². The van der Waals surface area contributed by atoms with Gasteiger partial charge in [-0.3, -0.25) is 0 Å². The number of rotatable bonds is 6. The molecule has 0 bridgehead atoms. The molecule has 1 heterocycles. The molecule has 0 radical (unpaired) electrons. The Morgan fingerprint density at radius 2 is 1.45 bits per heavy atom. The smallest absolute Gasteiger partial charge is 0.421 e. The van der Waals surface area contributed by atoms with Gasteiger partial charge in [-0.2, -0.15) is 30.9 Å². The van der Waals surface area contributed by atoms with Crippen molar-refractivity contribution in [1.29, 1.82) is 0 Å². The number of hydrogen-bond acceptors (Lipinski definition) is 6. The fourth-order valence-corrected chi connectivity index (χ4v) is 4.64. The van der Waals surface area contributed by atoms with Gasteiger partial charge in [-0.25, -0.2) is 16.8 Å². The van der Waals surface area contributed by atoms with Gasteiger partial charge in [-0.05, 0) is 0 Å². The largest absolute Gasteiger partial charge is 0.480 e. The Bertz CT molecular complexity index is 1020. The Labute approximate surface area is 178 Å². The number of aliphatic hydroxyl groups is 1. The lowest BCUT2D eigenvalue weighted by Crippen LogP contribution is -2.35. The molecule has 0 spiro atoms. The van der Waals surface area contributed by atoms with Crippen LogP contribution in [-0.4, -0.2) is 39.6 Å². The third kappa shape index (κ3) is 7.71. The van der Waals surface area contributed by atoms with Crippen LogP contribution in [0.5, 0.6) is 0 Å². The average molecular weight is 514 g/mol. The molecule has 1 aromatic heterocycles. The van der Waals surface area contributed by atoms with E-state index in [0.29, 0.717) is 0 Å². The Morgan fingerprint density at radius 1 is 0.968 bits per heavy atom. The molecule has 176 valence electrons. The molecule has 31 heavy (non-hydrogen) atoms. The van der Waals surface area contributed by atoms with E-state index in [2.05, 4.69) is 41.3 Å². The van der Waals surface area contributed by atoms with Gasteiger partial charge in [-0.1, -0.05) is 41.7 Å². The summed E-state index contributed by atoms with van der Waals surface area (Å²) < 4.78 is 111. The summed E-state index contributed by atoms with van der Waals surface area (Å²) in [7, 11) is -13.4. The summed E-state index contributed by atoms with van der Waals surface area (Å²) in [5.41, 5.74) is -7.70. The molecular formula is C15H16F6N2O5S3. The van der Waals surface area contributed by atoms with Crippen LogP contribution in [0.25, 0.3) is 4.13 Å². The minimum Gasteiger partial charge on any atom is -0.421 e. The van der Waals surface area contributed by atoms with Crippen LogP contribution >= 0.6 is 11.3 Å². The number of thiazole rings is 1. The fraction of sp³-hybridized carbons (Fsp3) is 0.400. The normalized spacial score (nSPS) is 12.9. The first-order chi connectivity index (χ1) is 14.0. The van der Waals surface area contributed by atoms with Crippen LogP contribution in [-0.2, 0) is 33.0 Å². The molecule has 0 unspecified atom stereocenters. The summed E-state index contributed by atoms with van der Waals surface area (Å²) in [6.07, 6.45) is 0.762. The molecule has 0 aliphatic heterocycles. The molecule has 7 nitrogen and oxygen atoms in total. The van der Waals surface area contributed by atoms with Gasteiger partial charge in [-0.15, -0.1) is 0 Å². The van der Waals surface area contributed by atoms with Crippen LogP contribution in [0.15, 0.2) is 35.8 Å². The van der Waals surface area contributed by atoms with Crippen LogP contribution in [0, 0.1) is 6.92 Å². The Kier molecular flexibility index (Phi) is 9.02. The van der Waals surface area contributed by atoms with Crippen molar-refractivity contribution in [1.82, 2.24) is 0 Å². The molecule has 1 aromatic carbocycles. The van der Waals surface area contributed by atoms with Crippen molar-refractivity contribution in [2.24, 2.45) is 0 Å². The highest BCUT2D eigenvalue weighted by atomic mass is 32.3. The lowest BCUT2D eigenvalue weighted by molar-refractivity contribution is -0.689. The summed E-state index contributed by atoms with van der Waals surface area (Å²) in [5, 5.41) is 8.94. The van der Waals surface area contributed by atoms with Crippen LogP contribution in [0.2, 0.25) is 0 Å². The lowest BCUT2D eigenvalue weighted by atomic mass is 10.2. The van der Waals surface area contributed by atoms with Gasteiger partial charge in [0.05, 0.1) is 4.88 Å². The number of aromatic nitrogens is 1. The molecule has 0 aliphatic rings. The Hall–Kier alpha value is -1.75. The van der Waals surface area contributed by atoms with E-state index in [-0.39, 0.29) is 6.61 Å². The highest BCUT2D eigenvalue weighted by Crippen LogP contribution is 2.36. The second-order valence-electron chi connectivity index (χ2n) is 5.74.